The lowest BCUT2D eigenvalue weighted by Gasteiger charge is -2.30. The van der Waals surface area contributed by atoms with Crippen molar-refractivity contribution in [3.63, 3.8) is 0 Å². The molecule has 0 radical (unpaired) electrons. The third-order valence-electron chi connectivity index (χ3n) is 4.05. The number of hydrogen-bond donors (Lipinski definition) is 3. The molecular weight excluding hydrogens is 271 g/mol. The van der Waals surface area contributed by atoms with Gasteiger partial charge in [0.1, 0.15) is 5.82 Å². The van der Waals surface area contributed by atoms with Crippen LogP contribution < -0.4 is 10.6 Å². The molecule has 2 unspecified atom stereocenters. The summed E-state index contributed by atoms with van der Waals surface area (Å²) in [4.78, 5) is 11.9. The third-order valence-corrected chi connectivity index (χ3v) is 4.05. The molecule has 4 nitrogen and oxygen atoms in total. The fourth-order valence-corrected chi connectivity index (χ4v) is 2.85. The van der Waals surface area contributed by atoms with Gasteiger partial charge >= 0.3 is 6.03 Å². The van der Waals surface area contributed by atoms with Crippen molar-refractivity contribution in [3.05, 3.63) is 35.6 Å². The van der Waals surface area contributed by atoms with Gasteiger partial charge in [-0.15, -0.1) is 0 Å². The van der Waals surface area contributed by atoms with Crippen LogP contribution in [0.25, 0.3) is 0 Å². The van der Waals surface area contributed by atoms with E-state index in [1.54, 1.807) is 6.07 Å². The predicted molar refractivity (Wildman–Crippen MR) is 79.5 cm³/mol. The first-order chi connectivity index (χ1) is 10.2. The zero-order valence-corrected chi connectivity index (χ0v) is 12.1. The molecule has 21 heavy (non-hydrogen) atoms. The maximum Gasteiger partial charge on any atom is 0.315 e. The molecule has 5 heteroatoms. The van der Waals surface area contributed by atoms with E-state index >= 15 is 0 Å². The molecule has 116 valence electrons. The molecule has 0 spiro atoms. The van der Waals surface area contributed by atoms with Crippen LogP contribution in [0.15, 0.2) is 24.3 Å². The zero-order valence-electron chi connectivity index (χ0n) is 12.1. The van der Waals surface area contributed by atoms with Crippen LogP contribution in [0.4, 0.5) is 9.18 Å². The third kappa shape index (κ3) is 5.01. The van der Waals surface area contributed by atoms with E-state index in [4.69, 9.17) is 0 Å². The number of amides is 2. The van der Waals surface area contributed by atoms with Crippen LogP contribution >= 0.6 is 0 Å². The maximum absolute atomic E-state index is 13.0. The summed E-state index contributed by atoms with van der Waals surface area (Å²) in [5.74, 6) is -0.0994. The minimum atomic E-state index is -0.259. The lowest BCUT2D eigenvalue weighted by molar-refractivity contribution is 0.154. The van der Waals surface area contributed by atoms with Crippen molar-refractivity contribution in [2.45, 2.75) is 38.1 Å². The SMILES string of the molecule is O=C(NCCc1cccc(F)c1)NC1CCCCC1CO. The molecule has 1 fully saturated rings. The minimum absolute atomic E-state index is 0.0536. The Bertz CT molecular complexity index is 467. The van der Waals surface area contributed by atoms with Crippen molar-refractivity contribution in [2.24, 2.45) is 5.92 Å². The van der Waals surface area contributed by atoms with Gasteiger partial charge in [0.15, 0.2) is 0 Å². The van der Waals surface area contributed by atoms with Gasteiger partial charge in [-0.05, 0) is 37.0 Å². The van der Waals surface area contributed by atoms with E-state index in [0.29, 0.717) is 13.0 Å². The van der Waals surface area contributed by atoms with Crippen molar-refractivity contribution >= 4 is 6.03 Å². The van der Waals surface area contributed by atoms with Gasteiger partial charge in [-0.2, -0.15) is 0 Å². The summed E-state index contributed by atoms with van der Waals surface area (Å²) in [6.07, 6.45) is 4.68. The van der Waals surface area contributed by atoms with Gasteiger partial charge in [0.05, 0.1) is 0 Å². The summed E-state index contributed by atoms with van der Waals surface area (Å²) < 4.78 is 13.0. The molecule has 1 aliphatic carbocycles. The quantitative estimate of drug-likeness (QED) is 0.780. The van der Waals surface area contributed by atoms with Crippen LogP contribution in [0.3, 0.4) is 0 Å². The first-order valence-corrected chi connectivity index (χ1v) is 7.58. The summed E-state index contributed by atoms with van der Waals surface area (Å²) in [5.41, 5.74) is 0.862. The van der Waals surface area contributed by atoms with Gasteiger partial charge in [-0.3, -0.25) is 0 Å². The van der Waals surface area contributed by atoms with Gasteiger partial charge in [0, 0.05) is 25.1 Å². The molecule has 1 aromatic carbocycles. The predicted octanol–water partition coefficient (Wildman–Crippen LogP) is 2.22. The molecule has 1 aliphatic rings. The average Bonchev–Trinajstić information content (AvgIpc) is 2.48. The molecule has 2 atom stereocenters. The fraction of sp³-hybridized carbons (Fsp3) is 0.562. The molecule has 0 aromatic heterocycles. The van der Waals surface area contributed by atoms with Crippen molar-refractivity contribution in [1.29, 1.82) is 0 Å². The van der Waals surface area contributed by atoms with Crippen LogP contribution in [0.2, 0.25) is 0 Å². The smallest absolute Gasteiger partial charge is 0.315 e. The Morgan fingerprint density at radius 2 is 2.14 bits per heavy atom. The van der Waals surface area contributed by atoms with Crippen molar-refractivity contribution < 1.29 is 14.3 Å². The molecule has 0 heterocycles. The molecule has 0 bridgehead atoms. The first-order valence-electron chi connectivity index (χ1n) is 7.58. The Balaban J connectivity index is 1.72. The molecule has 0 saturated heterocycles. The van der Waals surface area contributed by atoms with E-state index in [2.05, 4.69) is 10.6 Å². The number of carbonyl (C=O) groups is 1. The van der Waals surface area contributed by atoms with Gasteiger partial charge in [-0.1, -0.05) is 25.0 Å². The highest BCUT2D eigenvalue weighted by Gasteiger charge is 2.25. The van der Waals surface area contributed by atoms with Crippen molar-refractivity contribution in [2.75, 3.05) is 13.2 Å². The van der Waals surface area contributed by atoms with Crippen molar-refractivity contribution in [1.82, 2.24) is 10.6 Å². The van der Waals surface area contributed by atoms with E-state index in [1.165, 1.54) is 12.1 Å². The fourth-order valence-electron chi connectivity index (χ4n) is 2.85. The van der Waals surface area contributed by atoms with Gasteiger partial charge < -0.3 is 15.7 Å². The van der Waals surface area contributed by atoms with Crippen molar-refractivity contribution in [3.8, 4) is 0 Å². The number of hydrogen-bond acceptors (Lipinski definition) is 2. The minimum Gasteiger partial charge on any atom is -0.396 e. The molecule has 2 rings (SSSR count). The van der Waals surface area contributed by atoms with Crippen LogP contribution in [0.1, 0.15) is 31.2 Å². The Morgan fingerprint density at radius 1 is 1.33 bits per heavy atom. The molecule has 1 saturated carbocycles. The normalized spacial score (nSPS) is 21.8. The van der Waals surface area contributed by atoms with Gasteiger partial charge in [0.2, 0.25) is 0 Å². The number of aliphatic hydroxyl groups excluding tert-OH is 1. The second-order valence-electron chi connectivity index (χ2n) is 5.61. The monoisotopic (exact) mass is 294 g/mol. The Labute approximate surface area is 124 Å². The first kappa shape index (κ1) is 15.8. The highest BCUT2D eigenvalue weighted by atomic mass is 19.1. The number of carbonyl (C=O) groups excluding carboxylic acids is 1. The van der Waals surface area contributed by atoms with E-state index in [0.717, 1.165) is 31.2 Å². The van der Waals surface area contributed by atoms with Crippen LogP contribution in [0, 0.1) is 11.7 Å². The number of aliphatic hydroxyl groups is 1. The largest absolute Gasteiger partial charge is 0.396 e. The standard InChI is InChI=1S/C16H23FN2O2/c17-14-6-3-4-12(10-14)8-9-18-16(21)19-15-7-2-1-5-13(15)11-20/h3-4,6,10,13,15,20H,1-2,5,7-9,11H2,(H2,18,19,21). The Morgan fingerprint density at radius 3 is 2.90 bits per heavy atom. The number of benzene rings is 1. The summed E-state index contributed by atoms with van der Waals surface area (Å²) >= 11 is 0. The number of urea groups is 1. The number of halogens is 1. The lowest BCUT2D eigenvalue weighted by Crippen LogP contribution is -2.48. The van der Waals surface area contributed by atoms with E-state index in [-0.39, 0.29) is 30.4 Å². The highest BCUT2D eigenvalue weighted by Crippen LogP contribution is 2.23. The molecular formula is C16H23FN2O2. The summed E-state index contributed by atoms with van der Waals surface area (Å²) in [7, 11) is 0. The Kier molecular flexibility index (Phi) is 5.99. The van der Waals surface area contributed by atoms with Crippen LogP contribution in [0.5, 0.6) is 0 Å². The molecule has 3 N–H and O–H groups in total. The van der Waals surface area contributed by atoms with Crippen LogP contribution in [-0.2, 0) is 6.42 Å². The summed E-state index contributed by atoms with van der Waals surface area (Å²) in [6, 6.07) is 6.23. The molecule has 2 amide bonds. The lowest BCUT2D eigenvalue weighted by atomic mass is 9.85. The topological polar surface area (TPSA) is 61.4 Å². The number of nitrogens with one attached hydrogen (secondary N) is 2. The average molecular weight is 294 g/mol. The van der Waals surface area contributed by atoms with Gasteiger partial charge in [-0.25, -0.2) is 9.18 Å². The van der Waals surface area contributed by atoms with Gasteiger partial charge in [0.25, 0.3) is 0 Å². The number of rotatable bonds is 5. The van der Waals surface area contributed by atoms with E-state index < -0.39 is 0 Å². The highest BCUT2D eigenvalue weighted by molar-refractivity contribution is 5.74. The molecule has 1 aromatic rings. The molecule has 0 aliphatic heterocycles. The van der Waals surface area contributed by atoms with E-state index in [9.17, 15) is 14.3 Å². The summed E-state index contributed by atoms with van der Waals surface area (Å²) in [5, 5.41) is 15.0. The second-order valence-corrected chi connectivity index (χ2v) is 5.61. The Hall–Kier alpha value is -1.62. The zero-order chi connectivity index (χ0) is 15.1. The van der Waals surface area contributed by atoms with E-state index in [1.807, 2.05) is 6.07 Å². The summed E-state index contributed by atoms with van der Waals surface area (Å²) in [6.45, 7) is 0.583. The van der Waals surface area contributed by atoms with Crippen LogP contribution in [-0.4, -0.2) is 30.3 Å². The second kappa shape index (κ2) is 7.98. The maximum atomic E-state index is 13.0.